The molecule has 1 unspecified atom stereocenters. The molecule has 4 N–H and O–H groups in total. The third kappa shape index (κ3) is 3.99. The molecule has 2 heterocycles. The Labute approximate surface area is 148 Å². The molecule has 138 valence electrons. The number of aromatic nitrogens is 3. The van der Waals surface area contributed by atoms with Crippen LogP contribution >= 0.6 is 0 Å². The van der Waals surface area contributed by atoms with E-state index in [2.05, 4.69) is 20.3 Å². The molecule has 1 saturated carbocycles. The summed E-state index contributed by atoms with van der Waals surface area (Å²) in [5, 5.41) is 12.5. The lowest BCUT2D eigenvalue weighted by Crippen LogP contribution is -2.42. The van der Waals surface area contributed by atoms with Gasteiger partial charge in [0, 0.05) is 24.0 Å². The van der Waals surface area contributed by atoms with Gasteiger partial charge in [0.1, 0.15) is 0 Å². The summed E-state index contributed by atoms with van der Waals surface area (Å²) in [6, 6.07) is 3.19. The normalized spacial score (nSPS) is 20.1. The third-order valence-corrected chi connectivity index (χ3v) is 4.51. The number of pyridine rings is 1. The second-order valence-electron chi connectivity index (χ2n) is 6.34. The SMILES string of the molecule is COc1ccc(C(NC(=O)Cc2c[nH]c(=O)[nH]c2=O)C2CC(O)C2)cn1. The number of rotatable bonds is 6. The zero-order valence-electron chi connectivity index (χ0n) is 14.2. The van der Waals surface area contributed by atoms with Crippen LogP contribution in [0.5, 0.6) is 5.88 Å². The predicted molar refractivity (Wildman–Crippen MR) is 91.8 cm³/mol. The van der Waals surface area contributed by atoms with Gasteiger partial charge in [0.05, 0.1) is 25.7 Å². The summed E-state index contributed by atoms with van der Waals surface area (Å²) in [5.74, 6) is 0.190. The van der Waals surface area contributed by atoms with E-state index in [-0.39, 0.29) is 36.0 Å². The zero-order valence-corrected chi connectivity index (χ0v) is 14.2. The second kappa shape index (κ2) is 7.52. The fourth-order valence-corrected chi connectivity index (χ4v) is 3.04. The number of methoxy groups -OCH3 is 1. The molecule has 9 heteroatoms. The highest BCUT2D eigenvalue weighted by Crippen LogP contribution is 2.38. The van der Waals surface area contributed by atoms with Gasteiger partial charge in [0.2, 0.25) is 11.8 Å². The van der Waals surface area contributed by atoms with Crippen molar-refractivity contribution in [3.8, 4) is 5.88 Å². The van der Waals surface area contributed by atoms with E-state index in [1.54, 1.807) is 12.3 Å². The molecule has 2 aromatic rings. The van der Waals surface area contributed by atoms with Crippen molar-refractivity contribution < 1.29 is 14.6 Å². The van der Waals surface area contributed by atoms with Crippen molar-refractivity contribution in [2.75, 3.05) is 7.11 Å². The molecule has 3 rings (SSSR count). The highest BCUT2D eigenvalue weighted by molar-refractivity contribution is 5.78. The van der Waals surface area contributed by atoms with E-state index >= 15 is 0 Å². The van der Waals surface area contributed by atoms with Crippen LogP contribution in [0.2, 0.25) is 0 Å². The number of hydrogen-bond acceptors (Lipinski definition) is 6. The molecule has 1 atom stereocenters. The van der Waals surface area contributed by atoms with Gasteiger partial charge in [-0.15, -0.1) is 0 Å². The Balaban J connectivity index is 1.75. The van der Waals surface area contributed by atoms with Gasteiger partial charge in [-0.25, -0.2) is 9.78 Å². The average molecular weight is 360 g/mol. The fraction of sp³-hybridized carbons (Fsp3) is 0.412. The van der Waals surface area contributed by atoms with Gasteiger partial charge in [0.15, 0.2) is 0 Å². The number of hydrogen-bond donors (Lipinski definition) is 4. The van der Waals surface area contributed by atoms with Crippen molar-refractivity contribution in [3.05, 3.63) is 56.5 Å². The lowest BCUT2D eigenvalue weighted by Gasteiger charge is -2.38. The van der Waals surface area contributed by atoms with Crippen LogP contribution in [-0.2, 0) is 11.2 Å². The summed E-state index contributed by atoms with van der Waals surface area (Å²) in [6.07, 6.45) is 3.49. The molecule has 26 heavy (non-hydrogen) atoms. The number of aliphatic hydroxyl groups is 1. The summed E-state index contributed by atoms with van der Waals surface area (Å²) < 4.78 is 5.04. The van der Waals surface area contributed by atoms with Gasteiger partial charge < -0.3 is 20.1 Å². The molecule has 1 amide bonds. The van der Waals surface area contributed by atoms with Crippen LogP contribution in [-0.4, -0.2) is 39.2 Å². The van der Waals surface area contributed by atoms with Crippen molar-refractivity contribution in [1.29, 1.82) is 0 Å². The van der Waals surface area contributed by atoms with Crippen LogP contribution in [0.25, 0.3) is 0 Å². The second-order valence-corrected chi connectivity index (χ2v) is 6.34. The summed E-state index contributed by atoms with van der Waals surface area (Å²) in [7, 11) is 1.52. The zero-order chi connectivity index (χ0) is 18.7. The topological polar surface area (TPSA) is 137 Å². The monoisotopic (exact) mass is 360 g/mol. The number of aromatic amines is 2. The van der Waals surface area contributed by atoms with Crippen molar-refractivity contribution in [2.45, 2.75) is 31.4 Å². The van der Waals surface area contributed by atoms with Gasteiger partial charge in [-0.1, -0.05) is 6.07 Å². The smallest absolute Gasteiger partial charge is 0.325 e. The first kappa shape index (κ1) is 17.9. The lowest BCUT2D eigenvalue weighted by atomic mass is 9.75. The molecule has 1 aliphatic rings. The molecule has 1 aliphatic carbocycles. The van der Waals surface area contributed by atoms with Crippen LogP contribution in [0, 0.1) is 5.92 Å². The summed E-state index contributed by atoms with van der Waals surface area (Å²) in [5.41, 5.74) is -0.246. The number of carbonyl (C=O) groups is 1. The van der Waals surface area contributed by atoms with E-state index in [4.69, 9.17) is 4.74 Å². The van der Waals surface area contributed by atoms with Crippen molar-refractivity contribution in [2.24, 2.45) is 5.92 Å². The maximum Gasteiger partial charge on any atom is 0.325 e. The van der Waals surface area contributed by atoms with Crippen LogP contribution in [0.3, 0.4) is 0 Å². The number of ether oxygens (including phenoxy) is 1. The molecule has 0 saturated heterocycles. The van der Waals surface area contributed by atoms with Crippen LogP contribution < -0.4 is 21.3 Å². The van der Waals surface area contributed by atoms with E-state index < -0.39 is 11.2 Å². The molecule has 0 spiro atoms. The Morgan fingerprint density at radius 3 is 2.77 bits per heavy atom. The van der Waals surface area contributed by atoms with Gasteiger partial charge in [0.25, 0.3) is 5.56 Å². The van der Waals surface area contributed by atoms with Crippen LogP contribution in [0.4, 0.5) is 0 Å². The van der Waals surface area contributed by atoms with Gasteiger partial charge >= 0.3 is 5.69 Å². The Hall–Kier alpha value is -2.94. The number of nitrogens with one attached hydrogen (secondary N) is 3. The Morgan fingerprint density at radius 1 is 1.42 bits per heavy atom. The van der Waals surface area contributed by atoms with Crippen molar-refractivity contribution >= 4 is 5.91 Å². The van der Waals surface area contributed by atoms with Crippen molar-refractivity contribution in [3.63, 3.8) is 0 Å². The largest absolute Gasteiger partial charge is 0.481 e. The summed E-state index contributed by atoms with van der Waals surface area (Å²) in [6.45, 7) is 0. The van der Waals surface area contributed by atoms with E-state index in [1.165, 1.54) is 13.3 Å². The van der Waals surface area contributed by atoms with E-state index in [9.17, 15) is 19.5 Å². The predicted octanol–water partition coefficient (Wildman–Crippen LogP) is -0.362. The maximum atomic E-state index is 12.4. The van der Waals surface area contributed by atoms with E-state index in [0.29, 0.717) is 18.7 Å². The number of nitrogens with zero attached hydrogens (tertiary/aromatic N) is 1. The molecule has 0 radical (unpaired) electrons. The van der Waals surface area contributed by atoms with Crippen molar-refractivity contribution in [1.82, 2.24) is 20.3 Å². The highest BCUT2D eigenvalue weighted by atomic mass is 16.5. The molecule has 0 bridgehead atoms. The Kier molecular flexibility index (Phi) is 5.17. The molecule has 0 aromatic carbocycles. The highest BCUT2D eigenvalue weighted by Gasteiger charge is 2.35. The average Bonchev–Trinajstić information content (AvgIpc) is 2.60. The van der Waals surface area contributed by atoms with E-state index in [1.807, 2.05) is 6.07 Å². The first-order valence-electron chi connectivity index (χ1n) is 8.24. The molecule has 9 nitrogen and oxygen atoms in total. The van der Waals surface area contributed by atoms with E-state index in [0.717, 1.165) is 5.56 Å². The van der Waals surface area contributed by atoms with Gasteiger partial charge in [-0.2, -0.15) is 0 Å². The first-order chi connectivity index (χ1) is 12.5. The lowest BCUT2D eigenvalue weighted by molar-refractivity contribution is -0.122. The van der Waals surface area contributed by atoms with Gasteiger partial charge in [-0.3, -0.25) is 14.6 Å². The van der Waals surface area contributed by atoms with Crippen LogP contribution in [0.1, 0.15) is 30.0 Å². The summed E-state index contributed by atoms with van der Waals surface area (Å²) in [4.78, 5) is 43.8. The van der Waals surface area contributed by atoms with Gasteiger partial charge in [-0.05, 0) is 24.3 Å². The molecule has 1 fully saturated rings. The maximum absolute atomic E-state index is 12.4. The molecule has 0 aliphatic heterocycles. The molecule has 2 aromatic heterocycles. The quantitative estimate of drug-likeness (QED) is 0.555. The Bertz CT molecular complexity index is 883. The van der Waals surface area contributed by atoms with Crippen LogP contribution in [0.15, 0.2) is 34.1 Å². The fourth-order valence-electron chi connectivity index (χ4n) is 3.04. The number of aliphatic hydroxyl groups excluding tert-OH is 1. The minimum atomic E-state index is -0.621. The number of amides is 1. The number of H-pyrrole nitrogens is 2. The molecular formula is C17H20N4O5. The summed E-state index contributed by atoms with van der Waals surface area (Å²) >= 11 is 0. The standard InChI is InChI=1S/C17H20N4O5/c1-26-14-3-2-9(7-18-14)15(10-4-12(22)5-10)20-13(23)6-11-8-19-17(25)21-16(11)24/h2-3,7-8,10,12,15,22H,4-6H2,1H3,(H,20,23)(H2,19,21,24,25). The Morgan fingerprint density at radius 2 is 2.19 bits per heavy atom. The first-order valence-corrected chi connectivity index (χ1v) is 8.24. The third-order valence-electron chi connectivity index (χ3n) is 4.51. The number of carbonyl (C=O) groups excluding carboxylic acids is 1. The minimum Gasteiger partial charge on any atom is -0.481 e. The molecular weight excluding hydrogens is 340 g/mol. The minimum absolute atomic E-state index is 0.0815.